The molecule has 1 aliphatic rings. The first kappa shape index (κ1) is 8.76. The number of carbonyl (C=O) groups excluding carboxylic acids is 1. The van der Waals surface area contributed by atoms with E-state index < -0.39 is 0 Å². The van der Waals surface area contributed by atoms with Crippen molar-refractivity contribution < 1.29 is 4.79 Å². The molecular weight excluding hydrogens is 136 g/mol. The van der Waals surface area contributed by atoms with Crippen LogP contribution < -0.4 is 0 Å². The highest BCUT2D eigenvalue weighted by Gasteiger charge is 2.37. The minimum absolute atomic E-state index is 0.00174. The van der Waals surface area contributed by atoms with E-state index in [1.807, 2.05) is 0 Å². The molecule has 0 N–H and O–H groups in total. The van der Waals surface area contributed by atoms with Crippen molar-refractivity contribution in [2.45, 2.75) is 46.5 Å². The summed E-state index contributed by atoms with van der Waals surface area (Å²) in [6.45, 7) is 6.44. The lowest BCUT2D eigenvalue weighted by molar-refractivity contribution is -0.132. The lowest BCUT2D eigenvalue weighted by Gasteiger charge is -2.35. The number of carbonyl (C=O) groups is 1. The second kappa shape index (κ2) is 2.96. The first-order valence-electron chi connectivity index (χ1n) is 4.60. The lowest BCUT2D eigenvalue weighted by atomic mass is 9.68. The summed E-state index contributed by atoms with van der Waals surface area (Å²) in [5.41, 5.74) is -0.00174. The van der Waals surface area contributed by atoms with Gasteiger partial charge in [0.15, 0.2) is 0 Å². The number of Topliss-reactive ketones (excluding diaryl/α,β-unsaturated/α-hetero) is 1. The summed E-state index contributed by atoms with van der Waals surface area (Å²) in [6, 6.07) is 0. The fourth-order valence-electron chi connectivity index (χ4n) is 1.81. The summed E-state index contributed by atoms with van der Waals surface area (Å²) in [4.78, 5) is 11.6. The number of ketones is 1. The normalized spacial score (nSPS) is 32.9. The van der Waals surface area contributed by atoms with Crippen molar-refractivity contribution in [3.05, 3.63) is 0 Å². The first-order valence-corrected chi connectivity index (χ1v) is 4.60. The molecule has 0 aliphatic heterocycles. The van der Waals surface area contributed by atoms with Crippen LogP contribution in [0, 0.1) is 11.3 Å². The maximum absolute atomic E-state index is 11.6. The van der Waals surface area contributed by atoms with E-state index in [-0.39, 0.29) is 5.41 Å². The number of hydrogen-bond acceptors (Lipinski definition) is 1. The maximum atomic E-state index is 11.6. The Balaban J connectivity index is 2.73. The Kier molecular flexibility index (Phi) is 2.36. The van der Waals surface area contributed by atoms with Gasteiger partial charge < -0.3 is 0 Å². The molecule has 1 nitrogen and oxygen atoms in total. The first-order chi connectivity index (χ1) is 5.07. The monoisotopic (exact) mass is 154 g/mol. The molecule has 0 bridgehead atoms. The van der Waals surface area contributed by atoms with Crippen LogP contribution in [0.5, 0.6) is 0 Å². The molecule has 1 rings (SSSR count). The Labute approximate surface area is 69.2 Å². The third-order valence-electron chi connectivity index (χ3n) is 3.26. The minimum Gasteiger partial charge on any atom is -0.299 e. The van der Waals surface area contributed by atoms with E-state index >= 15 is 0 Å². The molecule has 0 heterocycles. The summed E-state index contributed by atoms with van der Waals surface area (Å²) in [7, 11) is 0. The average molecular weight is 154 g/mol. The van der Waals surface area contributed by atoms with E-state index in [9.17, 15) is 4.79 Å². The zero-order chi connectivity index (χ0) is 8.48. The predicted molar refractivity (Wildman–Crippen MR) is 46.4 cm³/mol. The van der Waals surface area contributed by atoms with Crippen LogP contribution in [0.2, 0.25) is 0 Å². The molecule has 1 atom stereocenters. The molecule has 0 spiro atoms. The number of rotatable bonds is 1. The molecule has 0 aromatic carbocycles. The van der Waals surface area contributed by atoms with Crippen LogP contribution >= 0.6 is 0 Å². The Morgan fingerprint density at radius 3 is 2.36 bits per heavy atom. The molecule has 0 aromatic heterocycles. The molecule has 11 heavy (non-hydrogen) atoms. The Morgan fingerprint density at radius 1 is 1.36 bits per heavy atom. The molecule has 1 aliphatic carbocycles. The highest BCUT2D eigenvalue weighted by molar-refractivity contribution is 5.85. The SMILES string of the molecule is CC(C)[C@]1(C)CCCCC1=O. The molecule has 0 saturated heterocycles. The van der Waals surface area contributed by atoms with Gasteiger partial charge in [-0.15, -0.1) is 0 Å². The van der Waals surface area contributed by atoms with Gasteiger partial charge in [-0.05, 0) is 18.8 Å². The minimum atomic E-state index is -0.00174. The summed E-state index contributed by atoms with van der Waals surface area (Å²) in [6.07, 6.45) is 4.26. The highest BCUT2D eigenvalue weighted by Crippen LogP contribution is 2.38. The van der Waals surface area contributed by atoms with E-state index in [1.165, 1.54) is 6.42 Å². The molecule has 1 fully saturated rings. The van der Waals surface area contributed by atoms with Crippen molar-refractivity contribution >= 4 is 5.78 Å². The average Bonchev–Trinajstić information content (AvgIpc) is 1.95. The second-order valence-electron chi connectivity index (χ2n) is 4.20. The van der Waals surface area contributed by atoms with E-state index in [1.54, 1.807) is 0 Å². The van der Waals surface area contributed by atoms with Gasteiger partial charge >= 0.3 is 0 Å². The summed E-state index contributed by atoms with van der Waals surface area (Å²) >= 11 is 0. The smallest absolute Gasteiger partial charge is 0.139 e. The Hall–Kier alpha value is -0.330. The van der Waals surface area contributed by atoms with Gasteiger partial charge in [0.1, 0.15) is 5.78 Å². The highest BCUT2D eigenvalue weighted by atomic mass is 16.1. The van der Waals surface area contributed by atoms with E-state index in [2.05, 4.69) is 20.8 Å². The molecule has 1 saturated carbocycles. The zero-order valence-electron chi connectivity index (χ0n) is 7.81. The lowest BCUT2D eigenvalue weighted by Crippen LogP contribution is -2.35. The zero-order valence-corrected chi connectivity index (χ0v) is 7.81. The van der Waals surface area contributed by atoms with Crippen LogP contribution in [0.15, 0.2) is 0 Å². The summed E-state index contributed by atoms with van der Waals surface area (Å²) in [5.74, 6) is 0.994. The standard InChI is InChI=1S/C10H18O/c1-8(2)10(3)7-5-4-6-9(10)11/h8H,4-7H2,1-3H3/t10-/m0/s1. The van der Waals surface area contributed by atoms with Gasteiger partial charge in [-0.1, -0.05) is 27.2 Å². The second-order valence-corrected chi connectivity index (χ2v) is 4.20. The van der Waals surface area contributed by atoms with Crippen LogP contribution in [0.3, 0.4) is 0 Å². The van der Waals surface area contributed by atoms with Crippen LogP contribution in [-0.4, -0.2) is 5.78 Å². The van der Waals surface area contributed by atoms with Gasteiger partial charge in [0.2, 0.25) is 0 Å². The molecule has 0 aromatic rings. The van der Waals surface area contributed by atoms with Crippen molar-refractivity contribution in [1.82, 2.24) is 0 Å². The van der Waals surface area contributed by atoms with Crippen molar-refractivity contribution in [2.75, 3.05) is 0 Å². The van der Waals surface area contributed by atoms with E-state index in [0.29, 0.717) is 11.7 Å². The third kappa shape index (κ3) is 1.47. The van der Waals surface area contributed by atoms with Crippen molar-refractivity contribution in [3.8, 4) is 0 Å². The predicted octanol–water partition coefficient (Wildman–Crippen LogP) is 2.79. The summed E-state index contributed by atoms with van der Waals surface area (Å²) < 4.78 is 0. The number of hydrogen-bond donors (Lipinski definition) is 0. The molecule has 0 radical (unpaired) electrons. The largest absolute Gasteiger partial charge is 0.299 e. The maximum Gasteiger partial charge on any atom is 0.139 e. The van der Waals surface area contributed by atoms with Crippen LogP contribution in [0.25, 0.3) is 0 Å². The van der Waals surface area contributed by atoms with Gasteiger partial charge in [0, 0.05) is 11.8 Å². The van der Waals surface area contributed by atoms with Gasteiger partial charge in [0.25, 0.3) is 0 Å². The van der Waals surface area contributed by atoms with Crippen LogP contribution in [0.4, 0.5) is 0 Å². The van der Waals surface area contributed by atoms with Crippen molar-refractivity contribution in [1.29, 1.82) is 0 Å². The fraction of sp³-hybridized carbons (Fsp3) is 0.900. The third-order valence-corrected chi connectivity index (χ3v) is 3.26. The topological polar surface area (TPSA) is 17.1 Å². The molecular formula is C10H18O. The Bertz CT molecular complexity index is 160. The van der Waals surface area contributed by atoms with E-state index in [0.717, 1.165) is 19.3 Å². The summed E-state index contributed by atoms with van der Waals surface area (Å²) in [5, 5.41) is 0. The van der Waals surface area contributed by atoms with E-state index in [4.69, 9.17) is 0 Å². The quantitative estimate of drug-likeness (QED) is 0.567. The van der Waals surface area contributed by atoms with Gasteiger partial charge in [0.05, 0.1) is 0 Å². The molecule has 1 heteroatoms. The van der Waals surface area contributed by atoms with Gasteiger partial charge in [-0.2, -0.15) is 0 Å². The molecule has 0 unspecified atom stereocenters. The molecule has 64 valence electrons. The Morgan fingerprint density at radius 2 is 2.00 bits per heavy atom. The van der Waals surface area contributed by atoms with Crippen LogP contribution in [0.1, 0.15) is 46.5 Å². The van der Waals surface area contributed by atoms with Gasteiger partial charge in [-0.3, -0.25) is 4.79 Å². The van der Waals surface area contributed by atoms with Crippen LogP contribution in [-0.2, 0) is 4.79 Å². The van der Waals surface area contributed by atoms with Gasteiger partial charge in [-0.25, -0.2) is 0 Å². The molecule has 0 amide bonds. The van der Waals surface area contributed by atoms with Crippen molar-refractivity contribution in [3.63, 3.8) is 0 Å². The fourth-order valence-corrected chi connectivity index (χ4v) is 1.81. The van der Waals surface area contributed by atoms with Crippen molar-refractivity contribution in [2.24, 2.45) is 11.3 Å².